The van der Waals surface area contributed by atoms with Gasteiger partial charge in [0.2, 0.25) is 0 Å². The predicted octanol–water partition coefficient (Wildman–Crippen LogP) is 3.86. The van der Waals surface area contributed by atoms with Gasteiger partial charge in [-0.25, -0.2) is 0 Å². The number of hydrogen-bond acceptors (Lipinski definition) is 2. The Balaban J connectivity index is 0.000000200. The molecule has 0 heterocycles. The van der Waals surface area contributed by atoms with Gasteiger partial charge >= 0.3 is 6.18 Å². The molecule has 0 atom stereocenters. The molecular formula is C14H15F3N2. The molecule has 0 aliphatic carbocycles. The summed E-state index contributed by atoms with van der Waals surface area (Å²) in [6.07, 6.45) is -4.34. The van der Waals surface area contributed by atoms with Gasteiger partial charge in [-0.05, 0) is 30.7 Å². The van der Waals surface area contributed by atoms with Crippen LogP contribution >= 0.6 is 0 Å². The number of nitrogens with two attached hydrogens (primary N) is 2. The molecule has 2 nitrogen and oxygen atoms in total. The Kier molecular flexibility index (Phi) is 4.80. The Morgan fingerprint density at radius 1 is 0.789 bits per heavy atom. The van der Waals surface area contributed by atoms with E-state index in [-0.39, 0.29) is 5.69 Å². The van der Waals surface area contributed by atoms with Crippen LogP contribution in [0.25, 0.3) is 0 Å². The number of hydrogen-bond donors (Lipinski definition) is 2. The minimum atomic E-state index is -4.34. The third-order valence-corrected chi connectivity index (χ3v) is 2.45. The first-order valence-corrected chi connectivity index (χ1v) is 5.55. The zero-order chi connectivity index (χ0) is 14.5. The molecule has 5 heteroatoms. The second kappa shape index (κ2) is 6.13. The summed E-state index contributed by atoms with van der Waals surface area (Å²) < 4.78 is 35.9. The van der Waals surface area contributed by atoms with E-state index in [1.54, 1.807) is 0 Å². The summed E-state index contributed by atoms with van der Waals surface area (Å²) in [5.74, 6) is 0. The van der Waals surface area contributed by atoms with Gasteiger partial charge in [0, 0.05) is 11.4 Å². The summed E-state index contributed by atoms with van der Waals surface area (Å²) in [5, 5.41) is 0. The van der Waals surface area contributed by atoms with E-state index in [2.05, 4.69) is 0 Å². The third-order valence-electron chi connectivity index (χ3n) is 2.45. The van der Waals surface area contributed by atoms with Crippen molar-refractivity contribution < 1.29 is 13.2 Å². The van der Waals surface area contributed by atoms with E-state index in [4.69, 9.17) is 11.5 Å². The molecule has 19 heavy (non-hydrogen) atoms. The topological polar surface area (TPSA) is 52.0 Å². The Hall–Kier alpha value is -2.17. The van der Waals surface area contributed by atoms with Crippen LogP contribution in [0.3, 0.4) is 0 Å². The summed E-state index contributed by atoms with van der Waals surface area (Å²) in [4.78, 5) is 0. The highest BCUT2D eigenvalue weighted by Crippen LogP contribution is 2.32. The standard InChI is InChI=1S/C7H6F3N.C7H9N/c8-7(9,10)5-3-1-2-4-6(5)11;1-6-4-2-3-5-7(6)8/h1-4H,11H2;2-5H,8H2,1H3. The minimum absolute atomic E-state index is 0.236. The zero-order valence-corrected chi connectivity index (χ0v) is 10.4. The molecule has 0 saturated heterocycles. The maximum absolute atomic E-state index is 12.0. The largest absolute Gasteiger partial charge is 0.418 e. The third kappa shape index (κ3) is 4.54. The van der Waals surface area contributed by atoms with E-state index in [0.717, 1.165) is 17.3 Å². The SMILES string of the molecule is Cc1ccccc1N.Nc1ccccc1C(F)(F)F. The molecule has 0 unspecified atom stereocenters. The van der Waals surface area contributed by atoms with Crippen molar-refractivity contribution in [1.29, 1.82) is 0 Å². The number of halogens is 3. The van der Waals surface area contributed by atoms with Crippen molar-refractivity contribution in [3.05, 3.63) is 59.7 Å². The number of para-hydroxylation sites is 2. The second-order valence-corrected chi connectivity index (χ2v) is 3.94. The molecule has 102 valence electrons. The van der Waals surface area contributed by atoms with Gasteiger partial charge in [-0.2, -0.15) is 13.2 Å². The van der Waals surface area contributed by atoms with Crippen LogP contribution in [0.1, 0.15) is 11.1 Å². The van der Waals surface area contributed by atoms with E-state index >= 15 is 0 Å². The maximum Gasteiger partial charge on any atom is 0.418 e. The second-order valence-electron chi connectivity index (χ2n) is 3.94. The van der Waals surface area contributed by atoms with Crippen LogP contribution in [-0.4, -0.2) is 0 Å². The Labute approximate surface area is 109 Å². The number of alkyl halides is 3. The zero-order valence-electron chi connectivity index (χ0n) is 10.4. The number of anilines is 2. The predicted molar refractivity (Wildman–Crippen MR) is 71.4 cm³/mol. The van der Waals surface area contributed by atoms with E-state index < -0.39 is 11.7 Å². The van der Waals surface area contributed by atoms with Crippen molar-refractivity contribution in [3.8, 4) is 0 Å². The summed E-state index contributed by atoms with van der Waals surface area (Å²) in [6.45, 7) is 2.00. The first-order valence-electron chi connectivity index (χ1n) is 5.55. The van der Waals surface area contributed by atoms with Crippen molar-refractivity contribution >= 4 is 11.4 Å². The van der Waals surface area contributed by atoms with Gasteiger partial charge in [0.25, 0.3) is 0 Å². The van der Waals surface area contributed by atoms with Crippen LogP contribution in [0.2, 0.25) is 0 Å². The van der Waals surface area contributed by atoms with E-state index in [9.17, 15) is 13.2 Å². The van der Waals surface area contributed by atoms with Crippen molar-refractivity contribution in [1.82, 2.24) is 0 Å². The number of benzene rings is 2. The Morgan fingerprint density at radius 3 is 1.58 bits per heavy atom. The van der Waals surface area contributed by atoms with Gasteiger partial charge in [-0.15, -0.1) is 0 Å². The van der Waals surface area contributed by atoms with Gasteiger partial charge in [0.1, 0.15) is 0 Å². The summed E-state index contributed by atoms with van der Waals surface area (Å²) in [6, 6.07) is 12.8. The minimum Gasteiger partial charge on any atom is -0.399 e. The number of rotatable bonds is 0. The highest BCUT2D eigenvalue weighted by atomic mass is 19.4. The smallest absolute Gasteiger partial charge is 0.399 e. The van der Waals surface area contributed by atoms with Crippen LogP contribution in [0.4, 0.5) is 24.5 Å². The molecule has 0 amide bonds. The lowest BCUT2D eigenvalue weighted by Gasteiger charge is -2.07. The fourth-order valence-electron chi connectivity index (χ4n) is 1.34. The lowest BCUT2D eigenvalue weighted by Crippen LogP contribution is -2.07. The molecule has 0 aliphatic heterocycles. The highest BCUT2D eigenvalue weighted by Gasteiger charge is 2.32. The molecule has 2 rings (SSSR count). The molecule has 0 bridgehead atoms. The normalized spacial score (nSPS) is 10.5. The maximum atomic E-state index is 12.0. The average Bonchev–Trinajstić information content (AvgIpc) is 2.33. The van der Waals surface area contributed by atoms with Gasteiger partial charge in [-0.3, -0.25) is 0 Å². The first kappa shape index (κ1) is 14.9. The van der Waals surface area contributed by atoms with Gasteiger partial charge in [-0.1, -0.05) is 30.3 Å². The molecule has 2 aromatic carbocycles. The van der Waals surface area contributed by atoms with Crippen LogP contribution in [0, 0.1) is 6.92 Å². The molecule has 0 radical (unpaired) electrons. The van der Waals surface area contributed by atoms with Gasteiger partial charge in [0.15, 0.2) is 0 Å². The van der Waals surface area contributed by atoms with Crippen molar-refractivity contribution in [2.24, 2.45) is 0 Å². The lowest BCUT2D eigenvalue weighted by atomic mass is 10.2. The van der Waals surface area contributed by atoms with Crippen molar-refractivity contribution in [3.63, 3.8) is 0 Å². The van der Waals surface area contributed by atoms with Gasteiger partial charge < -0.3 is 11.5 Å². The van der Waals surface area contributed by atoms with Crippen LogP contribution in [0.5, 0.6) is 0 Å². The van der Waals surface area contributed by atoms with Gasteiger partial charge in [0.05, 0.1) is 5.56 Å². The average molecular weight is 268 g/mol. The highest BCUT2D eigenvalue weighted by molar-refractivity contribution is 5.47. The quantitative estimate of drug-likeness (QED) is 0.713. The molecular weight excluding hydrogens is 253 g/mol. The van der Waals surface area contributed by atoms with Crippen LogP contribution < -0.4 is 11.5 Å². The molecule has 0 spiro atoms. The van der Waals surface area contributed by atoms with Crippen LogP contribution in [-0.2, 0) is 6.18 Å². The summed E-state index contributed by atoms with van der Waals surface area (Å²) >= 11 is 0. The molecule has 4 N–H and O–H groups in total. The van der Waals surface area contributed by atoms with E-state index in [1.165, 1.54) is 18.2 Å². The molecule has 0 aromatic heterocycles. The number of nitrogen functional groups attached to an aromatic ring is 2. The Morgan fingerprint density at radius 2 is 1.26 bits per heavy atom. The lowest BCUT2D eigenvalue weighted by molar-refractivity contribution is -0.136. The molecule has 0 fully saturated rings. The summed E-state index contributed by atoms with van der Waals surface area (Å²) in [5.41, 5.74) is 11.6. The Bertz CT molecular complexity index is 515. The number of aryl methyl sites for hydroxylation is 1. The summed E-state index contributed by atoms with van der Waals surface area (Å²) in [7, 11) is 0. The van der Waals surface area contributed by atoms with Crippen LogP contribution in [0.15, 0.2) is 48.5 Å². The fourth-order valence-corrected chi connectivity index (χ4v) is 1.34. The molecule has 2 aromatic rings. The molecule has 0 aliphatic rings. The van der Waals surface area contributed by atoms with E-state index in [0.29, 0.717) is 0 Å². The van der Waals surface area contributed by atoms with E-state index in [1.807, 2.05) is 31.2 Å². The van der Waals surface area contributed by atoms with Crippen molar-refractivity contribution in [2.45, 2.75) is 13.1 Å². The monoisotopic (exact) mass is 268 g/mol. The molecule has 0 saturated carbocycles. The fraction of sp³-hybridized carbons (Fsp3) is 0.143. The van der Waals surface area contributed by atoms with Crippen molar-refractivity contribution in [2.75, 3.05) is 11.5 Å². The first-order chi connectivity index (χ1) is 8.82.